The van der Waals surface area contributed by atoms with Crippen LogP contribution in [0.5, 0.6) is 5.75 Å². The minimum absolute atomic E-state index is 0.0309. The molecule has 1 heterocycles. The molecule has 0 fully saturated rings. The Morgan fingerprint density at radius 1 is 1.09 bits per heavy atom. The molecule has 0 bridgehead atoms. The third kappa shape index (κ3) is 5.51. The number of aliphatic carboxylic acids is 1. The van der Waals surface area contributed by atoms with Gasteiger partial charge in [-0.15, -0.1) is 11.3 Å². The monoisotopic (exact) mass is 485 g/mol. The molecule has 1 aromatic heterocycles. The van der Waals surface area contributed by atoms with Crippen LogP contribution in [-0.4, -0.2) is 28.8 Å². The van der Waals surface area contributed by atoms with Gasteiger partial charge in [0, 0.05) is 12.2 Å². The van der Waals surface area contributed by atoms with Gasteiger partial charge in [-0.1, -0.05) is 35.9 Å². The molecule has 0 aliphatic rings. The number of halogens is 4. The molecular weight excluding hydrogens is 471 g/mol. The number of aromatic carboxylic acids is 1. The predicted molar refractivity (Wildman–Crippen MR) is 114 cm³/mol. The number of nitrogens with one attached hydrogen (secondary N) is 1. The van der Waals surface area contributed by atoms with Gasteiger partial charge in [0.1, 0.15) is 5.02 Å². The quantitative estimate of drug-likeness (QED) is 0.370. The van der Waals surface area contributed by atoms with Crippen LogP contribution in [0.1, 0.15) is 20.8 Å². The molecule has 6 nitrogen and oxygen atoms in total. The van der Waals surface area contributed by atoms with E-state index in [-0.39, 0.29) is 27.9 Å². The number of ether oxygens (including phenoxy) is 1. The molecule has 32 heavy (non-hydrogen) atoms. The molecule has 0 amide bonds. The van der Waals surface area contributed by atoms with Gasteiger partial charge in [0.15, 0.2) is 17.2 Å². The highest BCUT2D eigenvalue weighted by Crippen LogP contribution is 2.45. The minimum atomic E-state index is -4.45. The van der Waals surface area contributed by atoms with Crippen LogP contribution in [0.15, 0.2) is 48.5 Å². The zero-order valence-electron chi connectivity index (χ0n) is 16.1. The fourth-order valence-corrected chi connectivity index (χ4v) is 4.22. The van der Waals surface area contributed by atoms with E-state index in [9.17, 15) is 27.9 Å². The number of anilines is 1. The molecule has 0 saturated heterocycles. The van der Waals surface area contributed by atoms with Crippen LogP contribution in [0.4, 0.5) is 18.9 Å². The van der Waals surface area contributed by atoms with E-state index in [1.54, 1.807) is 24.3 Å². The van der Waals surface area contributed by atoms with Gasteiger partial charge < -0.3 is 20.3 Å². The number of carboxylic acid groups (broad SMARTS) is 2. The summed E-state index contributed by atoms with van der Waals surface area (Å²) in [6, 6.07) is 11.6. The van der Waals surface area contributed by atoms with E-state index in [1.165, 1.54) is 12.1 Å². The lowest BCUT2D eigenvalue weighted by Crippen LogP contribution is -2.10. The van der Waals surface area contributed by atoms with E-state index in [1.807, 2.05) is 0 Å². The van der Waals surface area contributed by atoms with Crippen molar-refractivity contribution in [3.05, 3.63) is 69.6 Å². The fraction of sp³-hybridized carbons (Fsp3) is 0.143. The Labute approximate surface area is 188 Å². The Hall–Kier alpha value is -3.24. The lowest BCUT2D eigenvalue weighted by atomic mass is 10.1. The summed E-state index contributed by atoms with van der Waals surface area (Å²) in [5.74, 6) is -2.83. The van der Waals surface area contributed by atoms with Crippen molar-refractivity contribution in [2.24, 2.45) is 0 Å². The Morgan fingerprint density at radius 2 is 1.81 bits per heavy atom. The second-order valence-electron chi connectivity index (χ2n) is 6.52. The Kier molecular flexibility index (Phi) is 6.95. The van der Waals surface area contributed by atoms with Gasteiger partial charge in [-0.05, 0) is 35.4 Å². The summed E-state index contributed by atoms with van der Waals surface area (Å²) in [6.45, 7) is -0.552. The van der Waals surface area contributed by atoms with Gasteiger partial charge in [-0.2, -0.15) is 13.2 Å². The van der Waals surface area contributed by atoms with Crippen molar-refractivity contribution in [2.75, 3.05) is 11.9 Å². The van der Waals surface area contributed by atoms with Crippen molar-refractivity contribution in [2.45, 2.75) is 12.7 Å². The Balaban J connectivity index is 1.84. The van der Waals surface area contributed by atoms with Crippen LogP contribution < -0.4 is 10.1 Å². The molecule has 3 aromatic rings. The summed E-state index contributed by atoms with van der Waals surface area (Å²) < 4.78 is 43.7. The predicted octanol–water partition coefficient (Wildman–Crippen LogP) is 5.86. The van der Waals surface area contributed by atoms with E-state index < -0.39 is 30.3 Å². The van der Waals surface area contributed by atoms with Crippen molar-refractivity contribution in [1.29, 1.82) is 0 Å². The molecule has 0 saturated carbocycles. The number of benzene rings is 2. The first-order valence-electron chi connectivity index (χ1n) is 8.97. The fourth-order valence-electron chi connectivity index (χ4n) is 2.82. The third-order valence-electron chi connectivity index (χ3n) is 4.22. The summed E-state index contributed by atoms with van der Waals surface area (Å²) in [7, 11) is 0. The number of carbonyl (C=O) groups is 2. The largest absolute Gasteiger partial charge is 0.479 e. The van der Waals surface area contributed by atoms with E-state index >= 15 is 0 Å². The van der Waals surface area contributed by atoms with Crippen LogP contribution in [0.3, 0.4) is 0 Å². The van der Waals surface area contributed by atoms with Crippen molar-refractivity contribution < 1.29 is 37.7 Å². The molecule has 3 rings (SSSR count). The van der Waals surface area contributed by atoms with Gasteiger partial charge in [0.25, 0.3) is 0 Å². The molecule has 0 unspecified atom stereocenters. The molecule has 2 aromatic carbocycles. The van der Waals surface area contributed by atoms with Gasteiger partial charge in [-0.3, -0.25) is 0 Å². The summed E-state index contributed by atoms with van der Waals surface area (Å²) >= 11 is 7.12. The topological polar surface area (TPSA) is 95.9 Å². The highest BCUT2D eigenvalue weighted by molar-refractivity contribution is 7.18. The zero-order valence-corrected chi connectivity index (χ0v) is 17.6. The maximum atomic E-state index is 12.9. The lowest BCUT2D eigenvalue weighted by Gasteiger charge is -2.11. The highest BCUT2D eigenvalue weighted by atomic mass is 35.5. The van der Waals surface area contributed by atoms with Crippen LogP contribution in [0.25, 0.3) is 10.4 Å². The Morgan fingerprint density at radius 3 is 2.47 bits per heavy atom. The normalized spacial score (nSPS) is 11.2. The molecule has 0 radical (unpaired) electrons. The van der Waals surface area contributed by atoms with Crippen molar-refractivity contribution in [3.63, 3.8) is 0 Å². The number of thiophene rings is 1. The lowest BCUT2D eigenvalue weighted by molar-refractivity contribution is -0.139. The van der Waals surface area contributed by atoms with Crippen molar-refractivity contribution in [1.82, 2.24) is 0 Å². The first-order chi connectivity index (χ1) is 15.1. The second-order valence-corrected chi connectivity index (χ2v) is 7.92. The van der Waals surface area contributed by atoms with Crippen LogP contribution >= 0.6 is 22.9 Å². The standard InChI is InChI=1S/C21H15ClF3NO5S/c22-16-17(31-10-15(27)28)19(20(29)30)32-18(16)12-4-1-3-11(7-12)9-26-14-6-2-5-13(8-14)21(23,24)25/h1-8,26H,9-10H2,(H,27,28)(H,29,30). The maximum absolute atomic E-state index is 12.9. The second kappa shape index (κ2) is 9.49. The van der Waals surface area contributed by atoms with Gasteiger partial charge in [-0.25, -0.2) is 9.59 Å². The van der Waals surface area contributed by atoms with Gasteiger partial charge >= 0.3 is 18.1 Å². The number of alkyl halides is 3. The van der Waals surface area contributed by atoms with Gasteiger partial charge in [0.2, 0.25) is 0 Å². The first kappa shape index (κ1) is 23.4. The first-order valence-corrected chi connectivity index (χ1v) is 10.2. The van der Waals surface area contributed by atoms with E-state index in [2.05, 4.69) is 5.32 Å². The van der Waals surface area contributed by atoms with Crippen LogP contribution in [0, 0.1) is 0 Å². The summed E-state index contributed by atoms with van der Waals surface area (Å²) in [6.07, 6.45) is -4.45. The molecule has 3 N–H and O–H groups in total. The average molecular weight is 486 g/mol. The molecule has 168 valence electrons. The Bertz CT molecular complexity index is 1160. The summed E-state index contributed by atoms with van der Waals surface area (Å²) in [4.78, 5) is 22.4. The maximum Gasteiger partial charge on any atom is 0.416 e. The minimum Gasteiger partial charge on any atom is -0.479 e. The summed E-state index contributed by atoms with van der Waals surface area (Å²) in [5, 5.41) is 21.1. The van der Waals surface area contributed by atoms with Crippen molar-refractivity contribution in [3.8, 4) is 16.2 Å². The summed E-state index contributed by atoms with van der Waals surface area (Å²) in [5.41, 5.74) is 0.777. The average Bonchev–Trinajstić information content (AvgIpc) is 3.07. The molecule has 0 aliphatic carbocycles. The molecule has 0 atom stereocenters. The number of hydrogen-bond acceptors (Lipinski definition) is 5. The molecule has 0 aliphatic heterocycles. The van der Waals surface area contributed by atoms with E-state index in [0.29, 0.717) is 16.0 Å². The number of rotatable bonds is 8. The van der Waals surface area contributed by atoms with Crippen LogP contribution in [0.2, 0.25) is 5.02 Å². The van der Waals surface area contributed by atoms with E-state index in [4.69, 9.17) is 21.4 Å². The molecule has 11 heteroatoms. The molecular formula is C21H15ClF3NO5S. The number of carboxylic acids is 2. The van der Waals surface area contributed by atoms with Crippen molar-refractivity contribution >= 4 is 40.6 Å². The van der Waals surface area contributed by atoms with Gasteiger partial charge in [0.05, 0.1) is 10.4 Å². The zero-order chi connectivity index (χ0) is 23.5. The molecule has 0 spiro atoms. The van der Waals surface area contributed by atoms with E-state index in [0.717, 1.165) is 23.5 Å². The van der Waals surface area contributed by atoms with Crippen LogP contribution in [-0.2, 0) is 17.5 Å². The third-order valence-corrected chi connectivity index (χ3v) is 5.90. The smallest absolute Gasteiger partial charge is 0.416 e. The number of hydrogen-bond donors (Lipinski definition) is 3. The SMILES string of the molecule is O=C(O)COc1c(C(=O)O)sc(-c2cccc(CNc3cccc(C(F)(F)F)c3)c2)c1Cl. The highest BCUT2D eigenvalue weighted by Gasteiger charge is 2.30.